The lowest BCUT2D eigenvalue weighted by Crippen LogP contribution is -2.26. The summed E-state index contributed by atoms with van der Waals surface area (Å²) in [7, 11) is 0. The first-order valence-electron chi connectivity index (χ1n) is 5.51. The standard InChI is InChI=1S/C14H13NO2/c16-10-14(17)15-9-8-12-6-3-5-11-4-1-2-7-13(11)12/h1-7,10H,8-9H2,(H,15,17). The zero-order valence-corrected chi connectivity index (χ0v) is 9.35. The quantitative estimate of drug-likeness (QED) is 0.638. The van der Waals surface area contributed by atoms with Crippen LogP contribution in [-0.4, -0.2) is 18.7 Å². The average Bonchev–Trinajstić information content (AvgIpc) is 2.39. The van der Waals surface area contributed by atoms with Crippen LogP contribution in [0.3, 0.4) is 0 Å². The molecule has 0 aliphatic rings. The van der Waals surface area contributed by atoms with E-state index in [-0.39, 0.29) is 0 Å². The number of benzene rings is 2. The van der Waals surface area contributed by atoms with Gasteiger partial charge >= 0.3 is 0 Å². The second-order valence-corrected chi connectivity index (χ2v) is 3.80. The lowest BCUT2D eigenvalue weighted by molar-refractivity contribution is -0.131. The van der Waals surface area contributed by atoms with Gasteiger partial charge in [-0.1, -0.05) is 42.5 Å². The van der Waals surface area contributed by atoms with Crippen molar-refractivity contribution < 1.29 is 9.59 Å². The summed E-state index contributed by atoms with van der Waals surface area (Å²) in [5, 5.41) is 4.92. The third-order valence-electron chi connectivity index (χ3n) is 2.68. The van der Waals surface area contributed by atoms with Crippen LogP contribution >= 0.6 is 0 Å². The van der Waals surface area contributed by atoms with Gasteiger partial charge in [-0.15, -0.1) is 0 Å². The Bertz CT molecular complexity index is 543. The molecule has 3 heteroatoms. The number of aldehydes is 1. The van der Waals surface area contributed by atoms with Crippen LogP contribution in [0.2, 0.25) is 0 Å². The van der Waals surface area contributed by atoms with E-state index in [1.165, 1.54) is 16.3 Å². The lowest BCUT2D eigenvalue weighted by Gasteiger charge is -2.06. The molecule has 0 aliphatic carbocycles. The second-order valence-electron chi connectivity index (χ2n) is 3.80. The summed E-state index contributed by atoms with van der Waals surface area (Å²) in [5.74, 6) is -0.565. The van der Waals surface area contributed by atoms with Crippen LogP contribution in [0.25, 0.3) is 10.8 Å². The van der Waals surface area contributed by atoms with Gasteiger partial charge < -0.3 is 5.32 Å². The van der Waals surface area contributed by atoms with Gasteiger partial charge in [0, 0.05) is 6.54 Å². The van der Waals surface area contributed by atoms with Gasteiger partial charge in [-0.3, -0.25) is 9.59 Å². The molecule has 0 radical (unpaired) electrons. The molecule has 0 saturated heterocycles. The minimum absolute atomic E-state index is 0.295. The van der Waals surface area contributed by atoms with Crippen molar-refractivity contribution in [2.24, 2.45) is 0 Å². The maximum Gasteiger partial charge on any atom is 0.284 e. The van der Waals surface area contributed by atoms with Crippen LogP contribution in [0.1, 0.15) is 5.56 Å². The first kappa shape index (κ1) is 11.3. The number of amides is 1. The first-order chi connectivity index (χ1) is 8.31. The van der Waals surface area contributed by atoms with E-state index in [0.29, 0.717) is 12.8 Å². The topological polar surface area (TPSA) is 46.2 Å². The van der Waals surface area contributed by atoms with E-state index in [2.05, 4.69) is 23.5 Å². The van der Waals surface area contributed by atoms with Crippen LogP contribution < -0.4 is 5.32 Å². The Morgan fingerprint density at radius 2 is 1.88 bits per heavy atom. The fraction of sp³-hybridized carbons (Fsp3) is 0.143. The summed E-state index contributed by atoms with van der Waals surface area (Å²) in [6, 6.07) is 14.2. The van der Waals surface area contributed by atoms with Gasteiger partial charge in [0.2, 0.25) is 6.29 Å². The van der Waals surface area contributed by atoms with Crippen molar-refractivity contribution in [1.82, 2.24) is 5.32 Å². The van der Waals surface area contributed by atoms with Crippen LogP contribution in [0, 0.1) is 0 Å². The fourth-order valence-electron chi connectivity index (χ4n) is 1.87. The third-order valence-corrected chi connectivity index (χ3v) is 2.68. The van der Waals surface area contributed by atoms with Crippen molar-refractivity contribution in [2.45, 2.75) is 6.42 Å². The van der Waals surface area contributed by atoms with E-state index in [4.69, 9.17) is 0 Å². The van der Waals surface area contributed by atoms with Gasteiger partial charge in [0.1, 0.15) is 0 Å². The molecule has 1 amide bonds. The molecule has 86 valence electrons. The first-order valence-corrected chi connectivity index (χ1v) is 5.51. The fourth-order valence-corrected chi connectivity index (χ4v) is 1.87. The van der Waals surface area contributed by atoms with Crippen molar-refractivity contribution in [2.75, 3.05) is 6.54 Å². The number of nitrogens with one attached hydrogen (secondary N) is 1. The summed E-state index contributed by atoms with van der Waals surface area (Å²) in [4.78, 5) is 20.9. The van der Waals surface area contributed by atoms with Gasteiger partial charge in [0.25, 0.3) is 5.91 Å². The van der Waals surface area contributed by atoms with Gasteiger partial charge in [-0.2, -0.15) is 0 Å². The zero-order valence-electron chi connectivity index (χ0n) is 9.35. The van der Waals surface area contributed by atoms with Crippen molar-refractivity contribution in [3.05, 3.63) is 48.0 Å². The Morgan fingerprint density at radius 1 is 1.12 bits per heavy atom. The minimum Gasteiger partial charge on any atom is -0.349 e. The molecule has 0 unspecified atom stereocenters. The molecule has 0 saturated carbocycles. The molecule has 2 aromatic carbocycles. The van der Waals surface area contributed by atoms with E-state index in [9.17, 15) is 9.59 Å². The highest BCUT2D eigenvalue weighted by Gasteiger charge is 2.01. The zero-order chi connectivity index (χ0) is 12.1. The summed E-state index contributed by atoms with van der Waals surface area (Å²) in [6.07, 6.45) is 1.02. The van der Waals surface area contributed by atoms with Crippen molar-refractivity contribution in [1.29, 1.82) is 0 Å². The van der Waals surface area contributed by atoms with Gasteiger partial charge in [0.05, 0.1) is 0 Å². The molecule has 0 aromatic heterocycles. The lowest BCUT2D eigenvalue weighted by atomic mass is 10.0. The van der Waals surface area contributed by atoms with Crippen LogP contribution in [0.5, 0.6) is 0 Å². The molecule has 0 fully saturated rings. The molecular formula is C14H13NO2. The molecule has 0 aliphatic heterocycles. The number of carbonyl (C=O) groups excluding carboxylic acids is 2. The van der Waals surface area contributed by atoms with E-state index >= 15 is 0 Å². The molecule has 1 N–H and O–H groups in total. The summed E-state index contributed by atoms with van der Waals surface area (Å²) < 4.78 is 0. The second kappa shape index (κ2) is 5.25. The number of hydrogen-bond donors (Lipinski definition) is 1. The largest absolute Gasteiger partial charge is 0.349 e. The number of carbonyl (C=O) groups is 2. The third kappa shape index (κ3) is 2.69. The molecular weight excluding hydrogens is 214 g/mol. The average molecular weight is 227 g/mol. The highest BCUT2D eigenvalue weighted by Crippen LogP contribution is 2.18. The van der Waals surface area contributed by atoms with Crippen LogP contribution in [-0.2, 0) is 16.0 Å². The predicted molar refractivity (Wildman–Crippen MR) is 66.7 cm³/mol. The van der Waals surface area contributed by atoms with E-state index in [1.807, 2.05) is 24.3 Å². The van der Waals surface area contributed by atoms with Gasteiger partial charge in [-0.25, -0.2) is 0 Å². The molecule has 17 heavy (non-hydrogen) atoms. The molecule has 2 aromatic rings. The molecule has 0 spiro atoms. The highest BCUT2D eigenvalue weighted by atomic mass is 16.2. The summed E-state index contributed by atoms with van der Waals surface area (Å²) >= 11 is 0. The van der Waals surface area contributed by atoms with E-state index in [1.54, 1.807) is 0 Å². The smallest absolute Gasteiger partial charge is 0.284 e. The van der Waals surface area contributed by atoms with E-state index < -0.39 is 5.91 Å². The van der Waals surface area contributed by atoms with E-state index in [0.717, 1.165) is 6.42 Å². The maximum absolute atomic E-state index is 10.8. The van der Waals surface area contributed by atoms with Crippen molar-refractivity contribution in [3.8, 4) is 0 Å². The molecule has 0 bridgehead atoms. The molecule has 3 nitrogen and oxygen atoms in total. The monoisotopic (exact) mass is 227 g/mol. The number of fused-ring (bicyclic) bond motifs is 1. The van der Waals surface area contributed by atoms with Crippen LogP contribution in [0.4, 0.5) is 0 Å². The van der Waals surface area contributed by atoms with Crippen molar-refractivity contribution >= 4 is 23.0 Å². The Morgan fingerprint density at radius 3 is 2.71 bits per heavy atom. The number of hydrogen-bond acceptors (Lipinski definition) is 2. The van der Waals surface area contributed by atoms with Gasteiger partial charge in [-0.05, 0) is 22.8 Å². The summed E-state index contributed by atoms with van der Waals surface area (Å²) in [5.41, 5.74) is 1.18. The normalized spacial score (nSPS) is 10.1. The number of rotatable bonds is 4. The predicted octanol–water partition coefficient (Wildman–Crippen LogP) is 1.70. The Balaban J connectivity index is 2.13. The Hall–Kier alpha value is -2.16. The van der Waals surface area contributed by atoms with Gasteiger partial charge in [0.15, 0.2) is 0 Å². The molecule has 0 heterocycles. The SMILES string of the molecule is O=CC(=O)NCCc1cccc2ccccc12. The molecule has 0 atom stereocenters. The summed E-state index contributed by atoms with van der Waals surface area (Å²) in [6.45, 7) is 0.478. The van der Waals surface area contributed by atoms with Crippen molar-refractivity contribution in [3.63, 3.8) is 0 Å². The van der Waals surface area contributed by atoms with Crippen LogP contribution in [0.15, 0.2) is 42.5 Å². The minimum atomic E-state index is -0.565. The highest BCUT2D eigenvalue weighted by molar-refractivity contribution is 6.23. The Kier molecular flexibility index (Phi) is 3.50. The Labute approximate surface area is 99.4 Å². The maximum atomic E-state index is 10.8. The molecule has 2 rings (SSSR count).